The van der Waals surface area contributed by atoms with Gasteiger partial charge in [0.05, 0.1) is 33.6 Å². The summed E-state index contributed by atoms with van der Waals surface area (Å²) in [5.41, 5.74) is -0.789. The van der Waals surface area contributed by atoms with Gasteiger partial charge in [-0.3, -0.25) is 0 Å². The second-order valence-corrected chi connectivity index (χ2v) is 6.38. The predicted octanol–water partition coefficient (Wildman–Crippen LogP) is 5.64. The second kappa shape index (κ2) is 6.07. The minimum absolute atomic E-state index is 0.00673. The lowest BCUT2D eigenvalue weighted by atomic mass is 10.3. The maximum Gasteiger partial charge on any atom is 0.423 e. The van der Waals surface area contributed by atoms with Crippen molar-refractivity contribution in [1.82, 2.24) is 9.78 Å². The van der Waals surface area contributed by atoms with Crippen molar-refractivity contribution >= 4 is 34.8 Å². The van der Waals surface area contributed by atoms with Crippen LogP contribution in [0.15, 0.2) is 18.3 Å². The topological polar surface area (TPSA) is 27.1 Å². The van der Waals surface area contributed by atoms with Gasteiger partial charge in [-0.2, -0.15) is 23.0 Å². The van der Waals surface area contributed by atoms with Crippen LogP contribution in [0.25, 0.3) is 5.69 Å². The molecule has 0 unspecified atom stereocenters. The molecule has 0 atom stereocenters. The molecule has 1 fully saturated rings. The SMILES string of the molecule is FC(F)(F)c1cnn(-c2ccc(Cl)c(Cl)c2Cl)c1OCC1CC1. The number of nitrogens with zero attached hydrogens (tertiary/aromatic N) is 2. The number of rotatable bonds is 4. The normalized spacial score (nSPS) is 15.0. The molecule has 1 aliphatic carbocycles. The Morgan fingerprint density at radius 3 is 2.48 bits per heavy atom. The molecule has 0 radical (unpaired) electrons. The molecule has 23 heavy (non-hydrogen) atoms. The third kappa shape index (κ3) is 3.39. The molecule has 1 saturated carbocycles. The van der Waals surface area contributed by atoms with Crippen LogP contribution in [0.1, 0.15) is 18.4 Å². The molecule has 124 valence electrons. The smallest absolute Gasteiger partial charge is 0.423 e. The fourth-order valence-electron chi connectivity index (χ4n) is 2.00. The summed E-state index contributed by atoms with van der Waals surface area (Å²) in [4.78, 5) is 0. The molecular weight excluding hydrogens is 376 g/mol. The van der Waals surface area contributed by atoms with Gasteiger partial charge < -0.3 is 4.74 Å². The molecule has 0 saturated heterocycles. The van der Waals surface area contributed by atoms with Gasteiger partial charge in [-0.15, -0.1) is 0 Å². The zero-order chi connectivity index (χ0) is 16.8. The van der Waals surface area contributed by atoms with Crippen LogP contribution in [0.2, 0.25) is 15.1 Å². The molecule has 0 bridgehead atoms. The van der Waals surface area contributed by atoms with E-state index in [0.717, 1.165) is 17.5 Å². The molecule has 1 heterocycles. The van der Waals surface area contributed by atoms with Crippen LogP contribution in [0.4, 0.5) is 13.2 Å². The molecular formula is C14H10Cl3F3N2O. The van der Waals surface area contributed by atoms with Crippen molar-refractivity contribution in [1.29, 1.82) is 0 Å². The number of ether oxygens (including phenoxy) is 1. The van der Waals surface area contributed by atoms with Crippen molar-refractivity contribution in [3.05, 3.63) is 39.0 Å². The highest BCUT2D eigenvalue weighted by Gasteiger charge is 2.38. The molecule has 0 amide bonds. The lowest BCUT2D eigenvalue weighted by Crippen LogP contribution is -2.11. The number of benzene rings is 1. The van der Waals surface area contributed by atoms with Crippen LogP contribution in [0.3, 0.4) is 0 Å². The van der Waals surface area contributed by atoms with E-state index in [-0.39, 0.29) is 33.3 Å². The number of hydrogen-bond donors (Lipinski definition) is 0. The molecule has 1 aromatic carbocycles. The highest BCUT2D eigenvalue weighted by atomic mass is 35.5. The molecule has 3 nitrogen and oxygen atoms in total. The van der Waals surface area contributed by atoms with Crippen molar-refractivity contribution in [3.63, 3.8) is 0 Å². The van der Waals surface area contributed by atoms with E-state index < -0.39 is 17.6 Å². The molecule has 9 heteroatoms. The summed E-state index contributed by atoms with van der Waals surface area (Å²) in [5, 5.41) is 4.02. The summed E-state index contributed by atoms with van der Waals surface area (Å²) in [6.45, 7) is 0.202. The second-order valence-electron chi connectivity index (χ2n) is 5.22. The van der Waals surface area contributed by atoms with Crippen molar-refractivity contribution in [2.24, 2.45) is 5.92 Å². The monoisotopic (exact) mass is 384 g/mol. The predicted molar refractivity (Wildman–Crippen MR) is 81.8 cm³/mol. The lowest BCUT2D eigenvalue weighted by molar-refractivity contribution is -0.139. The van der Waals surface area contributed by atoms with E-state index in [1.807, 2.05) is 0 Å². The standard InChI is InChI=1S/C14H10Cl3F3N2O/c15-9-3-4-10(12(17)11(9)16)22-13(23-6-7-1-2-7)8(5-21-22)14(18,19)20/h3-5,7H,1-2,6H2. The Hall–Kier alpha value is -1.11. The van der Waals surface area contributed by atoms with Gasteiger partial charge in [-0.1, -0.05) is 34.8 Å². The van der Waals surface area contributed by atoms with Crippen LogP contribution in [-0.2, 0) is 6.18 Å². The Kier molecular flexibility index (Phi) is 4.42. The number of alkyl halides is 3. The molecule has 3 rings (SSSR count). The molecule has 0 aliphatic heterocycles. The quantitative estimate of drug-likeness (QED) is 0.637. The van der Waals surface area contributed by atoms with Crippen LogP contribution in [0, 0.1) is 5.92 Å². The zero-order valence-electron chi connectivity index (χ0n) is 11.5. The van der Waals surface area contributed by atoms with E-state index in [1.165, 1.54) is 12.1 Å². The van der Waals surface area contributed by atoms with Crippen LogP contribution in [-0.4, -0.2) is 16.4 Å². The van der Waals surface area contributed by atoms with Crippen molar-refractivity contribution in [2.45, 2.75) is 19.0 Å². The highest BCUT2D eigenvalue weighted by Crippen LogP contribution is 2.41. The van der Waals surface area contributed by atoms with E-state index in [2.05, 4.69) is 5.10 Å². The van der Waals surface area contributed by atoms with E-state index in [1.54, 1.807) is 0 Å². The van der Waals surface area contributed by atoms with E-state index in [0.29, 0.717) is 6.20 Å². The Labute approximate surface area is 144 Å². The first-order chi connectivity index (χ1) is 10.8. The Morgan fingerprint density at radius 1 is 1.17 bits per heavy atom. The summed E-state index contributed by atoms with van der Waals surface area (Å²) in [7, 11) is 0. The Morgan fingerprint density at radius 2 is 1.87 bits per heavy atom. The maximum absolute atomic E-state index is 13.1. The number of halogens is 6. The average Bonchev–Trinajstić information content (AvgIpc) is 3.20. The van der Waals surface area contributed by atoms with Gasteiger partial charge in [-0.05, 0) is 30.9 Å². The van der Waals surface area contributed by atoms with Crippen molar-refractivity contribution in [2.75, 3.05) is 6.61 Å². The molecule has 1 aromatic heterocycles. The van der Waals surface area contributed by atoms with Gasteiger partial charge in [0.15, 0.2) is 0 Å². The van der Waals surface area contributed by atoms with Crippen molar-refractivity contribution < 1.29 is 17.9 Å². The molecule has 2 aromatic rings. The Bertz CT molecular complexity index is 742. The fraction of sp³-hybridized carbons (Fsp3) is 0.357. The lowest BCUT2D eigenvalue weighted by Gasteiger charge is -2.14. The maximum atomic E-state index is 13.1. The zero-order valence-corrected chi connectivity index (χ0v) is 13.8. The molecule has 0 N–H and O–H groups in total. The first kappa shape index (κ1) is 16.7. The molecule has 1 aliphatic rings. The van der Waals surface area contributed by atoms with Gasteiger partial charge in [0.2, 0.25) is 5.88 Å². The average molecular weight is 386 g/mol. The largest absolute Gasteiger partial charge is 0.477 e. The van der Waals surface area contributed by atoms with Gasteiger partial charge >= 0.3 is 6.18 Å². The van der Waals surface area contributed by atoms with Gasteiger partial charge in [0.1, 0.15) is 5.56 Å². The minimum Gasteiger partial charge on any atom is -0.477 e. The van der Waals surface area contributed by atoms with E-state index in [4.69, 9.17) is 39.5 Å². The Balaban J connectivity index is 2.07. The van der Waals surface area contributed by atoms with Gasteiger partial charge in [0.25, 0.3) is 0 Å². The minimum atomic E-state index is -4.58. The summed E-state index contributed by atoms with van der Waals surface area (Å²) in [6, 6.07) is 2.87. The highest BCUT2D eigenvalue weighted by molar-refractivity contribution is 6.48. The summed E-state index contributed by atoms with van der Waals surface area (Å²) >= 11 is 17.9. The number of hydrogen-bond acceptors (Lipinski definition) is 2. The first-order valence-corrected chi connectivity index (χ1v) is 7.84. The van der Waals surface area contributed by atoms with Gasteiger partial charge in [0, 0.05) is 0 Å². The third-order valence-electron chi connectivity index (χ3n) is 3.43. The third-order valence-corrected chi connectivity index (χ3v) is 4.71. The van der Waals surface area contributed by atoms with Gasteiger partial charge in [-0.25, -0.2) is 0 Å². The van der Waals surface area contributed by atoms with Crippen LogP contribution < -0.4 is 4.74 Å². The van der Waals surface area contributed by atoms with Crippen molar-refractivity contribution in [3.8, 4) is 11.6 Å². The van der Waals surface area contributed by atoms with Crippen LogP contribution in [0.5, 0.6) is 5.88 Å². The molecule has 0 spiro atoms. The number of aromatic nitrogens is 2. The summed E-state index contributed by atoms with van der Waals surface area (Å²) in [6.07, 6.45) is -1.98. The fourth-order valence-corrected chi connectivity index (χ4v) is 2.61. The first-order valence-electron chi connectivity index (χ1n) is 6.71. The summed E-state index contributed by atoms with van der Waals surface area (Å²) < 4.78 is 45.8. The van der Waals surface area contributed by atoms with E-state index >= 15 is 0 Å². The summed E-state index contributed by atoms with van der Waals surface area (Å²) in [5.74, 6) is -0.117. The van der Waals surface area contributed by atoms with Crippen LogP contribution >= 0.6 is 34.8 Å². The van der Waals surface area contributed by atoms with E-state index in [9.17, 15) is 13.2 Å².